The van der Waals surface area contributed by atoms with Crippen LogP contribution in [0.2, 0.25) is 0 Å². The Labute approximate surface area is 103 Å². The van der Waals surface area contributed by atoms with Crippen molar-refractivity contribution in [2.24, 2.45) is 0 Å². The van der Waals surface area contributed by atoms with E-state index in [9.17, 15) is 4.79 Å². The molecule has 0 atom stereocenters. The van der Waals surface area contributed by atoms with E-state index in [4.69, 9.17) is 5.11 Å². The maximum absolute atomic E-state index is 10.9. The van der Waals surface area contributed by atoms with Gasteiger partial charge in [-0.15, -0.1) is 0 Å². The normalized spacial score (nSPS) is 16.3. The van der Waals surface area contributed by atoms with Crippen molar-refractivity contribution >= 4 is 27.6 Å². The number of benzene rings is 1. The zero-order valence-corrected chi connectivity index (χ0v) is 10.5. The van der Waals surface area contributed by atoms with E-state index in [-0.39, 0.29) is 0 Å². The average Bonchev–Trinajstić information content (AvgIpc) is 2.69. The number of carboxylic acid groups (broad SMARTS) is 1. The van der Waals surface area contributed by atoms with Crippen molar-refractivity contribution in [1.82, 2.24) is 0 Å². The Balaban J connectivity index is 2.16. The highest BCUT2D eigenvalue weighted by Gasteiger charge is 2.15. The lowest BCUT2D eigenvalue weighted by Crippen LogP contribution is -2.14. The predicted octanol–water partition coefficient (Wildman–Crippen LogP) is 3.50. The van der Waals surface area contributed by atoms with Crippen LogP contribution in [0.5, 0.6) is 0 Å². The summed E-state index contributed by atoms with van der Waals surface area (Å²) in [6.45, 7) is 0. The Kier molecular flexibility index (Phi) is 3.49. The predicted molar refractivity (Wildman–Crippen MR) is 67.0 cm³/mol. The van der Waals surface area contributed by atoms with Gasteiger partial charge in [0.1, 0.15) is 0 Å². The van der Waals surface area contributed by atoms with Crippen molar-refractivity contribution in [1.29, 1.82) is 0 Å². The molecular weight excluding hydrogens is 270 g/mol. The number of nitrogens with one attached hydrogen (secondary N) is 1. The van der Waals surface area contributed by atoms with Gasteiger partial charge < -0.3 is 10.4 Å². The maximum Gasteiger partial charge on any atom is 0.335 e. The number of rotatable bonds is 3. The number of aromatic carboxylic acids is 1. The lowest BCUT2D eigenvalue weighted by molar-refractivity contribution is 0.0697. The molecule has 0 saturated heterocycles. The van der Waals surface area contributed by atoms with Crippen LogP contribution in [0.4, 0.5) is 5.69 Å². The third-order valence-corrected chi connectivity index (χ3v) is 3.33. The summed E-state index contributed by atoms with van der Waals surface area (Å²) in [6, 6.07) is 5.72. The van der Waals surface area contributed by atoms with Crippen LogP contribution in [-0.4, -0.2) is 17.1 Å². The van der Waals surface area contributed by atoms with Crippen molar-refractivity contribution in [2.45, 2.75) is 31.7 Å². The van der Waals surface area contributed by atoms with Crippen LogP contribution in [0, 0.1) is 0 Å². The van der Waals surface area contributed by atoms with Crippen LogP contribution >= 0.6 is 15.9 Å². The molecule has 2 N–H and O–H groups in total. The third kappa shape index (κ3) is 2.76. The van der Waals surface area contributed by atoms with Gasteiger partial charge in [-0.2, -0.15) is 0 Å². The van der Waals surface area contributed by atoms with Gasteiger partial charge in [0.25, 0.3) is 0 Å². The molecule has 1 saturated carbocycles. The second-order valence-electron chi connectivity index (χ2n) is 4.16. The second-order valence-corrected chi connectivity index (χ2v) is 5.08. The summed E-state index contributed by atoms with van der Waals surface area (Å²) < 4.78 is 0.799. The van der Waals surface area contributed by atoms with Crippen molar-refractivity contribution in [3.05, 3.63) is 28.2 Å². The molecule has 1 aromatic rings. The number of anilines is 1. The molecule has 4 heteroatoms. The summed E-state index contributed by atoms with van der Waals surface area (Å²) in [5.74, 6) is -0.893. The van der Waals surface area contributed by atoms with Gasteiger partial charge in [0.2, 0.25) is 0 Å². The molecule has 86 valence electrons. The Bertz CT molecular complexity index is 400. The van der Waals surface area contributed by atoms with Crippen LogP contribution in [0.15, 0.2) is 22.7 Å². The van der Waals surface area contributed by atoms with Gasteiger partial charge in [0, 0.05) is 16.2 Å². The van der Waals surface area contributed by atoms with E-state index in [0.717, 1.165) is 10.2 Å². The van der Waals surface area contributed by atoms with E-state index < -0.39 is 5.97 Å². The first-order chi connectivity index (χ1) is 7.65. The summed E-state index contributed by atoms with van der Waals surface area (Å²) in [7, 11) is 0. The van der Waals surface area contributed by atoms with Crippen molar-refractivity contribution in [3.8, 4) is 0 Å². The minimum atomic E-state index is -0.893. The van der Waals surface area contributed by atoms with Gasteiger partial charge in [-0.05, 0) is 31.0 Å². The molecular formula is C12H14BrNO2. The number of carboxylic acids is 1. The molecule has 16 heavy (non-hydrogen) atoms. The summed E-state index contributed by atoms with van der Waals surface area (Å²) in [4.78, 5) is 10.9. The Morgan fingerprint density at radius 3 is 2.62 bits per heavy atom. The number of hydrogen-bond acceptors (Lipinski definition) is 2. The minimum absolute atomic E-state index is 0.315. The van der Waals surface area contributed by atoms with Gasteiger partial charge in [-0.1, -0.05) is 28.8 Å². The lowest BCUT2D eigenvalue weighted by atomic mass is 10.1. The molecule has 2 rings (SSSR count). The first kappa shape index (κ1) is 11.5. The zero-order chi connectivity index (χ0) is 11.5. The van der Waals surface area contributed by atoms with Crippen LogP contribution in [0.25, 0.3) is 0 Å². The molecule has 0 radical (unpaired) electrons. The zero-order valence-electron chi connectivity index (χ0n) is 8.87. The highest BCUT2D eigenvalue weighted by atomic mass is 79.9. The molecule has 3 nitrogen and oxygen atoms in total. The molecule has 1 fully saturated rings. The molecule has 1 aliphatic carbocycles. The highest BCUT2D eigenvalue weighted by Crippen LogP contribution is 2.25. The Hall–Kier alpha value is -1.03. The quantitative estimate of drug-likeness (QED) is 0.893. The third-order valence-electron chi connectivity index (χ3n) is 2.87. The fourth-order valence-electron chi connectivity index (χ4n) is 2.10. The topological polar surface area (TPSA) is 49.3 Å². The summed E-state index contributed by atoms with van der Waals surface area (Å²) >= 11 is 3.33. The van der Waals surface area contributed by atoms with E-state index in [2.05, 4.69) is 21.2 Å². The van der Waals surface area contributed by atoms with E-state index in [1.807, 2.05) is 6.07 Å². The monoisotopic (exact) mass is 283 g/mol. The number of hydrogen-bond donors (Lipinski definition) is 2. The van der Waals surface area contributed by atoms with Crippen molar-refractivity contribution in [2.75, 3.05) is 5.32 Å². The molecule has 0 amide bonds. The van der Waals surface area contributed by atoms with Gasteiger partial charge in [-0.25, -0.2) is 4.79 Å². The van der Waals surface area contributed by atoms with Gasteiger partial charge in [0.05, 0.1) is 5.56 Å². The van der Waals surface area contributed by atoms with Crippen LogP contribution in [0.3, 0.4) is 0 Å². The van der Waals surface area contributed by atoms with Gasteiger partial charge >= 0.3 is 5.97 Å². The van der Waals surface area contributed by atoms with E-state index in [1.165, 1.54) is 25.7 Å². The fourth-order valence-corrected chi connectivity index (χ4v) is 2.60. The summed E-state index contributed by atoms with van der Waals surface area (Å²) in [5, 5.41) is 12.3. The van der Waals surface area contributed by atoms with E-state index >= 15 is 0 Å². The molecule has 0 aliphatic heterocycles. The second kappa shape index (κ2) is 4.87. The fraction of sp³-hybridized carbons (Fsp3) is 0.417. The summed E-state index contributed by atoms with van der Waals surface area (Å²) in [5.41, 5.74) is 1.20. The average molecular weight is 284 g/mol. The van der Waals surface area contributed by atoms with Crippen LogP contribution in [0.1, 0.15) is 36.0 Å². The first-order valence-corrected chi connectivity index (χ1v) is 6.25. The smallest absolute Gasteiger partial charge is 0.335 e. The molecule has 0 heterocycles. The van der Waals surface area contributed by atoms with Crippen molar-refractivity contribution in [3.63, 3.8) is 0 Å². The first-order valence-electron chi connectivity index (χ1n) is 5.45. The van der Waals surface area contributed by atoms with E-state index in [0.29, 0.717) is 11.6 Å². The summed E-state index contributed by atoms with van der Waals surface area (Å²) in [6.07, 6.45) is 4.87. The van der Waals surface area contributed by atoms with Crippen LogP contribution in [-0.2, 0) is 0 Å². The standard InChI is InChI=1S/C12H14BrNO2/c13-9-5-8(12(15)16)6-11(7-9)14-10-3-1-2-4-10/h5-7,10,14H,1-4H2,(H,15,16). The van der Waals surface area contributed by atoms with Gasteiger partial charge in [-0.3, -0.25) is 0 Å². The number of halogens is 1. The molecule has 0 spiro atoms. The number of carbonyl (C=O) groups is 1. The maximum atomic E-state index is 10.9. The Morgan fingerprint density at radius 2 is 2.00 bits per heavy atom. The molecule has 0 aromatic heterocycles. The Morgan fingerprint density at radius 1 is 1.31 bits per heavy atom. The molecule has 1 aromatic carbocycles. The molecule has 0 bridgehead atoms. The highest BCUT2D eigenvalue weighted by molar-refractivity contribution is 9.10. The largest absolute Gasteiger partial charge is 0.478 e. The SMILES string of the molecule is O=C(O)c1cc(Br)cc(NC2CCCC2)c1. The molecule has 1 aliphatic rings. The van der Waals surface area contributed by atoms with Gasteiger partial charge in [0.15, 0.2) is 0 Å². The lowest BCUT2D eigenvalue weighted by Gasteiger charge is -2.14. The van der Waals surface area contributed by atoms with Crippen LogP contribution < -0.4 is 5.32 Å². The van der Waals surface area contributed by atoms with E-state index in [1.54, 1.807) is 12.1 Å². The van der Waals surface area contributed by atoms with Crippen molar-refractivity contribution < 1.29 is 9.90 Å². The minimum Gasteiger partial charge on any atom is -0.478 e. The molecule has 0 unspecified atom stereocenters.